The van der Waals surface area contributed by atoms with Crippen molar-refractivity contribution in [3.8, 4) is 0 Å². The van der Waals surface area contributed by atoms with Gasteiger partial charge in [-0.05, 0) is 56.1 Å². The normalized spacial score (nSPS) is 12.8. The van der Waals surface area contributed by atoms with Crippen molar-refractivity contribution in [3.05, 3.63) is 34.1 Å². The fourth-order valence-electron chi connectivity index (χ4n) is 1.98. The SMILES string of the molecule is CCCC(CNC)Cc1cc(F)ccc1Br. The van der Waals surface area contributed by atoms with Crippen LogP contribution in [0.5, 0.6) is 0 Å². The molecule has 0 aliphatic carbocycles. The highest BCUT2D eigenvalue weighted by Crippen LogP contribution is 2.22. The zero-order chi connectivity index (χ0) is 12.0. The van der Waals surface area contributed by atoms with Crippen LogP contribution in [0.2, 0.25) is 0 Å². The quantitative estimate of drug-likeness (QED) is 0.840. The second-order valence-corrected chi connectivity index (χ2v) is 5.01. The largest absolute Gasteiger partial charge is 0.319 e. The minimum atomic E-state index is -0.155. The topological polar surface area (TPSA) is 12.0 Å². The maximum absolute atomic E-state index is 13.1. The Hall–Kier alpha value is -0.410. The number of halogens is 2. The van der Waals surface area contributed by atoms with E-state index in [9.17, 15) is 4.39 Å². The van der Waals surface area contributed by atoms with E-state index in [1.807, 2.05) is 7.05 Å². The van der Waals surface area contributed by atoms with Crippen molar-refractivity contribution in [3.63, 3.8) is 0 Å². The Kier molecular flexibility index (Phi) is 5.99. The zero-order valence-corrected chi connectivity index (χ0v) is 11.5. The van der Waals surface area contributed by atoms with E-state index in [0.29, 0.717) is 5.92 Å². The van der Waals surface area contributed by atoms with Gasteiger partial charge in [0, 0.05) is 4.47 Å². The van der Waals surface area contributed by atoms with Crippen LogP contribution in [0.15, 0.2) is 22.7 Å². The standard InChI is InChI=1S/C13H19BrFN/c1-3-4-10(9-16-2)7-11-8-12(15)5-6-13(11)14/h5-6,8,10,16H,3-4,7,9H2,1-2H3. The van der Waals surface area contributed by atoms with Gasteiger partial charge in [-0.25, -0.2) is 4.39 Å². The Morgan fingerprint density at radius 3 is 2.81 bits per heavy atom. The molecule has 0 spiro atoms. The van der Waals surface area contributed by atoms with Gasteiger partial charge in [0.05, 0.1) is 0 Å². The summed E-state index contributed by atoms with van der Waals surface area (Å²) in [6.07, 6.45) is 3.26. The monoisotopic (exact) mass is 287 g/mol. The van der Waals surface area contributed by atoms with E-state index in [4.69, 9.17) is 0 Å². The van der Waals surface area contributed by atoms with Crippen molar-refractivity contribution in [2.45, 2.75) is 26.2 Å². The molecule has 0 radical (unpaired) electrons. The molecule has 0 saturated carbocycles. The predicted octanol–water partition coefficient (Wildman–Crippen LogP) is 3.77. The molecule has 1 unspecified atom stereocenters. The number of hydrogen-bond donors (Lipinski definition) is 1. The molecule has 1 N–H and O–H groups in total. The Bertz CT molecular complexity index is 322. The molecule has 0 saturated heterocycles. The van der Waals surface area contributed by atoms with Crippen molar-refractivity contribution in [1.29, 1.82) is 0 Å². The first-order valence-electron chi connectivity index (χ1n) is 5.75. The van der Waals surface area contributed by atoms with Gasteiger partial charge in [0.25, 0.3) is 0 Å². The van der Waals surface area contributed by atoms with Crippen LogP contribution >= 0.6 is 15.9 Å². The molecule has 1 nitrogen and oxygen atoms in total. The molecule has 16 heavy (non-hydrogen) atoms. The molecule has 0 bridgehead atoms. The molecule has 90 valence electrons. The van der Waals surface area contributed by atoms with E-state index in [0.717, 1.165) is 23.0 Å². The smallest absolute Gasteiger partial charge is 0.123 e. The second-order valence-electron chi connectivity index (χ2n) is 4.15. The first-order valence-corrected chi connectivity index (χ1v) is 6.55. The lowest BCUT2D eigenvalue weighted by Gasteiger charge is -2.16. The zero-order valence-electron chi connectivity index (χ0n) is 9.89. The van der Waals surface area contributed by atoms with Gasteiger partial charge in [-0.3, -0.25) is 0 Å². The minimum absolute atomic E-state index is 0.155. The van der Waals surface area contributed by atoms with Gasteiger partial charge < -0.3 is 5.32 Å². The van der Waals surface area contributed by atoms with Crippen LogP contribution in [0, 0.1) is 11.7 Å². The van der Waals surface area contributed by atoms with Crippen molar-refractivity contribution >= 4 is 15.9 Å². The first kappa shape index (κ1) is 13.7. The summed E-state index contributed by atoms with van der Waals surface area (Å²) < 4.78 is 14.1. The van der Waals surface area contributed by atoms with Crippen molar-refractivity contribution in [2.75, 3.05) is 13.6 Å². The summed E-state index contributed by atoms with van der Waals surface area (Å²) in [5.41, 5.74) is 1.06. The van der Waals surface area contributed by atoms with Crippen molar-refractivity contribution in [2.24, 2.45) is 5.92 Å². The summed E-state index contributed by atoms with van der Waals surface area (Å²) >= 11 is 3.47. The lowest BCUT2D eigenvalue weighted by Crippen LogP contribution is -2.20. The summed E-state index contributed by atoms with van der Waals surface area (Å²) in [6.45, 7) is 3.17. The predicted molar refractivity (Wildman–Crippen MR) is 70.1 cm³/mol. The second kappa shape index (κ2) is 7.02. The first-order chi connectivity index (χ1) is 7.67. The van der Waals surface area contributed by atoms with Crippen LogP contribution in [0.4, 0.5) is 4.39 Å². The van der Waals surface area contributed by atoms with Crippen molar-refractivity contribution < 1.29 is 4.39 Å². The molecule has 0 aromatic heterocycles. The molecular weight excluding hydrogens is 269 g/mol. The average molecular weight is 288 g/mol. The summed E-state index contributed by atoms with van der Waals surface area (Å²) in [6, 6.07) is 4.90. The molecule has 1 atom stereocenters. The summed E-state index contributed by atoms with van der Waals surface area (Å²) in [5, 5.41) is 3.20. The van der Waals surface area contributed by atoms with Crippen molar-refractivity contribution in [1.82, 2.24) is 5.32 Å². The van der Waals surface area contributed by atoms with Crippen LogP contribution in [0.25, 0.3) is 0 Å². The highest BCUT2D eigenvalue weighted by molar-refractivity contribution is 9.10. The van der Waals surface area contributed by atoms with E-state index >= 15 is 0 Å². The molecule has 0 fully saturated rings. The minimum Gasteiger partial charge on any atom is -0.319 e. The molecule has 1 aromatic rings. The summed E-state index contributed by atoms with van der Waals surface area (Å²) in [5.74, 6) is 0.422. The van der Waals surface area contributed by atoms with Gasteiger partial charge in [0.2, 0.25) is 0 Å². The number of rotatable bonds is 6. The lowest BCUT2D eigenvalue weighted by atomic mass is 9.95. The van der Waals surface area contributed by atoms with Crippen LogP contribution in [-0.4, -0.2) is 13.6 Å². The maximum Gasteiger partial charge on any atom is 0.123 e. The average Bonchev–Trinajstić information content (AvgIpc) is 2.24. The van der Waals surface area contributed by atoms with Gasteiger partial charge in [-0.2, -0.15) is 0 Å². The highest BCUT2D eigenvalue weighted by Gasteiger charge is 2.10. The molecule has 1 aromatic carbocycles. The van der Waals surface area contributed by atoms with Crippen LogP contribution in [0.1, 0.15) is 25.3 Å². The molecule has 3 heteroatoms. The highest BCUT2D eigenvalue weighted by atomic mass is 79.9. The third kappa shape index (κ3) is 4.22. The Balaban J connectivity index is 2.71. The molecule has 0 heterocycles. The fourth-order valence-corrected chi connectivity index (χ4v) is 2.39. The Morgan fingerprint density at radius 2 is 2.19 bits per heavy atom. The summed E-state index contributed by atoms with van der Waals surface area (Å²) in [4.78, 5) is 0. The third-order valence-corrected chi connectivity index (χ3v) is 3.48. The summed E-state index contributed by atoms with van der Waals surface area (Å²) in [7, 11) is 1.96. The van der Waals surface area contributed by atoms with Crippen LogP contribution in [0.3, 0.4) is 0 Å². The van der Waals surface area contributed by atoms with E-state index in [2.05, 4.69) is 28.2 Å². The number of nitrogens with one attached hydrogen (secondary N) is 1. The van der Waals surface area contributed by atoms with Gasteiger partial charge in [-0.15, -0.1) is 0 Å². The number of benzene rings is 1. The Labute approximate surface area is 106 Å². The number of hydrogen-bond acceptors (Lipinski definition) is 1. The van der Waals surface area contributed by atoms with E-state index in [1.54, 1.807) is 12.1 Å². The van der Waals surface area contributed by atoms with E-state index < -0.39 is 0 Å². The van der Waals surface area contributed by atoms with Crippen LogP contribution in [-0.2, 0) is 6.42 Å². The fraction of sp³-hybridized carbons (Fsp3) is 0.538. The lowest BCUT2D eigenvalue weighted by molar-refractivity contribution is 0.454. The molecule has 0 aliphatic rings. The molecule has 0 amide bonds. The van der Waals surface area contributed by atoms with E-state index in [1.165, 1.54) is 18.9 Å². The van der Waals surface area contributed by atoms with Gasteiger partial charge in [0.1, 0.15) is 5.82 Å². The van der Waals surface area contributed by atoms with Gasteiger partial charge in [0.15, 0.2) is 0 Å². The maximum atomic E-state index is 13.1. The van der Waals surface area contributed by atoms with Gasteiger partial charge >= 0.3 is 0 Å². The molecular formula is C13H19BrFN. The van der Waals surface area contributed by atoms with Crippen LogP contribution < -0.4 is 5.32 Å². The van der Waals surface area contributed by atoms with E-state index in [-0.39, 0.29) is 5.82 Å². The Morgan fingerprint density at radius 1 is 1.44 bits per heavy atom. The third-order valence-electron chi connectivity index (χ3n) is 2.71. The van der Waals surface area contributed by atoms with Gasteiger partial charge in [-0.1, -0.05) is 29.3 Å². The molecule has 0 aliphatic heterocycles. The molecule has 1 rings (SSSR count).